The van der Waals surface area contributed by atoms with Crippen LogP contribution in [0, 0.1) is 0 Å². The molecule has 0 spiro atoms. The number of anilines is 1. The molecular weight excluding hydrogens is 208 g/mol. The number of hydrogen-bond acceptors (Lipinski definition) is 4. The molecule has 0 saturated heterocycles. The second kappa shape index (κ2) is 4.49. The Morgan fingerprint density at radius 2 is 2.12 bits per heavy atom. The third-order valence-electron chi connectivity index (χ3n) is 1.97. The van der Waals surface area contributed by atoms with Gasteiger partial charge in [0.25, 0.3) is 0 Å². The van der Waals surface area contributed by atoms with Crippen molar-refractivity contribution in [1.82, 2.24) is 4.98 Å². The molecular formula is C11H16N2O3. The van der Waals surface area contributed by atoms with E-state index < -0.39 is 11.6 Å². The summed E-state index contributed by atoms with van der Waals surface area (Å²) in [5.41, 5.74) is -0.851. The lowest BCUT2D eigenvalue weighted by Gasteiger charge is -2.26. The smallest absolute Gasteiger partial charge is 0.354 e. The number of aromatic nitrogens is 1. The minimum atomic E-state index is -1.06. The maximum Gasteiger partial charge on any atom is 0.354 e. The van der Waals surface area contributed by atoms with E-state index in [1.807, 2.05) is 0 Å². The molecule has 0 amide bonds. The van der Waals surface area contributed by atoms with E-state index in [4.69, 9.17) is 5.11 Å². The van der Waals surface area contributed by atoms with E-state index in [-0.39, 0.29) is 5.69 Å². The average molecular weight is 224 g/mol. The van der Waals surface area contributed by atoms with E-state index in [0.717, 1.165) is 0 Å². The van der Waals surface area contributed by atoms with Crippen molar-refractivity contribution in [3.8, 4) is 0 Å². The van der Waals surface area contributed by atoms with Crippen LogP contribution in [0.4, 0.5) is 5.82 Å². The van der Waals surface area contributed by atoms with E-state index in [9.17, 15) is 9.90 Å². The van der Waals surface area contributed by atoms with Gasteiger partial charge in [-0.2, -0.15) is 0 Å². The molecule has 0 saturated carbocycles. The highest BCUT2D eigenvalue weighted by atomic mass is 16.4. The molecule has 0 unspecified atom stereocenters. The summed E-state index contributed by atoms with van der Waals surface area (Å²) in [6.45, 7) is 3.75. The molecule has 1 heterocycles. The Morgan fingerprint density at radius 3 is 2.62 bits per heavy atom. The topological polar surface area (TPSA) is 73.7 Å². The third kappa shape index (κ3) is 3.51. The van der Waals surface area contributed by atoms with Crippen LogP contribution in [0.2, 0.25) is 0 Å². The Hall–Kier alpha value is -1.62. The largest absolute Gasteiger partial charge is 0.477 e. The maximum absolute atomic E-state index is 10.7. The Labute approximate surface area is 94.4 Å². The first-order valence-corrected chi connectivity index (χ1v) is 4.93. The van der Waals surface area contributed by atoms with Crippen LogP contribution in [0.1, 0.15) is 24.3 Å². The van der Waals surface area contributed by atoms with Gasteiger partial charge in [-0.05, 0) is 26.0 Å². The summed E-state index contributed by atoms with van der Waals surface area (Å²) in [5, 5.41) is 18.4. The van der Waals surface area contributed by atoms with E-state index in [1.165, 1.54) is 6.07 Å². The molecule has 5 heteroatoms. The van der Waals surface area contributed by atoms with Gasteiger partial charge in [-0.15, -0.1) is 0 Å². The van der Waals surface area contributed by atoms with Crippen LogP contribution in [0.3, 0.4) is 0 Å². The number of carbonyl (C=O) groups is 1. The molecule has 0 atom stereocenters. The first kappa shape index (κ1) is 12.4. The Bertz CT molecular complexity index is 385. The lowest BCUT2D eigenvalue weighted by atomic mass is 10.1. The number of carboxylic acid groups (broad SMARTS) is 1. The van der Waals surface area contributed by atoms with Crippen LogP contribution in [-0.2, 0) is 0 Å². The zero-order valence-corrected chi connectivity index (χ0v) is 9.64. The average Bonchev–Trinajstić information content (AvgIpc) is 2.15. The fraction of sp³-hybridized carbons (Fsp3) is 0.455. The molecule has 88 valence electrons. The number of hydrogen-bond donors (Lipinski definition) is 2. The quantitative estimate of drug-likeness (QED) is 0.797. The van der Waals surface area contributed by atoms with Crippen molar-refractivity contribution >= 4 is 11.8 Å². The van der Waals surface area contributed by atoms with Gasteiger partial charge >= 0.3 is 5.97 Å². The van der Waals surface area contributed by atoms with Gasteiger partial charge < -0.3 is 15.1 Å². The van der Waals surface area contributed by atoms with E-state index in [2.05, 4.69) is 4.98 Å². The minimum Gasteiger partial charge on any atom is -0.477 e. The van der Waals surface area contributed by atoms with Crippen molar-refractivity contribution in [1.29, 1.82) is 0 Å². The standard InChI is InChI=1S/C11H16N2O3/c1-11(2,16)7-13(3)9-6-4-5-8(12-9)10(14)15/h4-6,16H,7H2,1-3H3,(H,14,15). The SMILES string of the molecule is CN(CC(C)(C)O)c1cccc(C(=O)O)n1. The van der Waals surface area contributed by atoms with Crippen LogP contribution in [0.5, 0.6) is 0 Å². The van der Waals surface area contributed by atoms with Gasteiger partial charge in [0.2, 0.25) is 0 Å². The lowest BCUT2D eigenvalue weighted by Crippen LogP contribution is -2.36. The molecule has 16 heavy (non-hydrogen) atoms. The Kier molecular flexibility index (Phi) is 3.49. The second-order valence-corrected chi connectivity index (χ2v) is 4.35. The summed E-state index contributed by atoms with van der Waals surface area (Å²) in [5.74, 6) is -0.527. The van der Waals surface area contributed by atoms with Gasteiger partial charge in [-0.1, -0.05) is 6.07 Å². The predicted octanol–water partition coefficient (Wildman–Crippen LogP) is 0.987. The van der Waals surface area contributed by atoms with Crippen molar-refractivity contribution in [2.45, 2.75) is 19.4 Å². The fourth-order valence-corrected chi connectivity index (χ4v) is 1.42. The molecule has 1 aromatic rings. The molecule has 2 N–H and O–H groups in total. The summed E-state index contributed by atoms with van der Waals surface area (Å²) < 4.78 is 0. The maximum atomic E-state index is 10.7. The Balaban J connectivity index is 2.87. The first-order chi connectivity index (χ1) is 7.29. The zero-order chi connectivity index (χ0) is 12.3. The molecule has 0 bridgehead atoms. The molecule has 0 aliphatic rings. The summed E-state index contributed by atoms with van der Waals surface area (Å²) in [4.78, 5) is 16.4. The van der Waals surface area contributed by atoms with Gasteiger partial charge in [0.1, 0.15) is 5.82 Å². The number of likely N-dealkylation sites (N-methyl/N-ethyl adjacent to an activating group) is 1. The molecule has 5 nitrogen and oxygen atoms in total. The molecule has 1 rings (SSSR count). The lowest BCUT2D eigenvalue weighted by molar-refractivity contribution is 0.0690. The number of aliphatic hydroxyl groups is 1. The van der Waals surface area contributed by atoms with Crippen LogP contribution in [0.25, 0.3) is 0 Å². The van der Waals surface area contributed by atoms with E-state index >= 15 is 0 Å². The van der Waals surface area contributed by atoms with Crippen molar-refractivity contribution in [3.05, 3.63) is 23.9 Å². The first-order valence-electron chi connectivity index (χ1n) is 4.93. The number of rotatable bonds is 4. The minimum absolute atomic E-state index is 0.0000888. The van der Waals surface area contributed by atoms with E-state index in [1.54, 1.807) is 37.9 Å². The van der Waals surface area contributed by atoms with Crippen LogP contribution in [0.15, 0.2) is 18.2 Å². The van der Waals surface area contributed by atoms with Crippen molar-refractivity contribution < 1.29 is 15.0 Å². The summed E-state index contributed by atoms with van der Waals surface area (Å²) in [6.07, 6.45) is 0. The van der Waals surface area contributed by atoms with E-state index in [0.29, 0.717) is 12.4 Å². The number of aromatic carboxylic acids is 1. The number of pyridine rings is 1. The molecule has 0 aliphatic carbocycles. The van der Waals surface area contributed by atoms with Crippen LogP contribution >= 0.6 is 0 Å². The van der Waals surface area contributed by atoms with Gasteiger partial charge in [0.15, 0.2) is 5.69 Å². The molecule has 0 fully saturated rings. The highest BCUT2D eigenvalue weighted by molar-refractivity contribution is 5.85. The monoisotopic (exact) mass is 224 g/mol. The highest BCUT2D eigenvalue weighted by Crippen LogP contribution is 2.13. The summed E-state index contributed by atoms with van der Waals surface area (Å²) >= 11 is 0. The van der Waals surface area contributed by atoms with Crippen LogP contribution < -0.4 is 4.90 Å². The van der Waals surface area contributed by atoms with Gasteiger partial charge in [-0.25, -0.2) is 9.78 Å². The van der Waals surface area contributed by atoms with Gasteiger partial charge in [0.05, 0.1) is 5.60 Å². The normalized spacial score (nSPS) is 11.2. The second-order valence-electron chi connectivity index (χ2n) is 4.35. The third-order valence-corrected chi connectivity index (χ3v) is 1.97. The van der Waals surface area contributed by atoms with Crippen molar-refractivity contribution in [3.63, 3.8) is 0 Å². The number of carboxylic acids is 1. The van der Waals surface area contributed by atoms with Crippen LogP contribution in [-0.4, -0.2) is 40.4 Å². The number of nitrogens with zero attached hydrogens (tertiary/aromatic N) is 2. The summed E-state index contributed by atoms with van der Waals surface area (Å²) in [7, 11) is 1.76. The molecule has 0 radical (unpaired) electrons. The van der Waals surface area contributed by atoms with Gasteiger partial charge in [0, 0.05) is 13.6 Å². The summed E-state index contributed by atoms with van der Waals surface area (Å²) in [6, 6.07) is 4.77. The molecule has 0 aliphatic heterocycles. The van der Waals surface area contributed by atoms with Crippen molar-refractivity contribution in [2.75, 3.05) is 18.5 Å². The highest BCUT2D eigenvalue weighted by Gasteiger charge is 2.17. The predicted molar refractivity (Wildman–Crippen MR) is 60.8 cm³/mol. The van der Waals surface area contributed by atoms with Gasteiger partial charge in [-0.3, -0.25) is 0 Å². The fourth-order valence-electron chi connectivity index (χ4n) is 1.42. The Morgan fingerprint density at radius 1 is 1.50 bits per heavy atom. The van der Waals surface area contributed by atoms with Crippen molar-refractivity contribution in [2.24, 2.45) is 0 Å². The zero-order valence-electron chi connectivity index (χ0n) is 9.64. The molecule has 1 aromatic heterocycles. The molecule has 0 aromatic carbocycles.